The van der Waals surface area contributed by atoms with Crippen LogP contribution in [0.2, 0.25) is 0 Å². The lowest BCUT2D eigenvalue weighted by Crippen LogP contribution is -2.40. The maximum Gasteiger partial charge on any atom is 0.306 e. The van der Waals surface area contributed by atoms with Gasteiger partial charge in [0.2, 0.25) is 11.8 Å². The normalized spacial score (nSPS) is 24.3. The maximum atomic E-state index is 12.6. The number of aliphatic carboxylic acids is 1. The molecule has 0 aromatic heterocycles. The molecule has 1 aromatic carbocycles. The molecule has 2 aliphatic rings. The number of carboxylic acid groups (broad SMARTS) is 1. The van der Waals surface area contributed by atoms with Crippen molar-refractivity contribution in [3.8, 4) is 0 Å². The Labute approximate surface area is 147 Å². The van der Waals surface area contributed by atoms with E-state index in [1.54, 1.807) is 4.90 Å². The Hall–Kier alpha value is -2.37. The highest BCUT2D eigenvalue weighted by Crippen LogP contribution is 2.32. The lowest BCUT2D eigenvalue weighted by molar-refractivity contribution is -0.141. The molecule has 0 bridgehead atoms. The number of carbonyl (C=O) groups excluding carboxylic acids is 2. The third-order valence-corrected chi connectivity index (χ3v) is 5.25. The largest absolute Gasteiger partial charge is 0.481 e. The zero-order chi connectivity index (χ0) is 17.8. The number of benzene rings is 1. The molecule has 1 saturated heterocycles. The second kappa shape index (κ2) is 7.68. The molecule has 1 heterocycles. The van der Waals surface area contributed by atoms with Crippen LogP contribution in [0, 0.1) is 11.8 Å². The van der Waals surface area contributed by atoms with E-state index in [0.29, 0.717) is 32.2 Å². The van der Waals surface area contributed by atoms with Gasteiger partial charge in [-0.2, -0.15) is 0 Å². The van der Waals surface area contributed by atoms with Gasteiger partial charge >= 0.3 is 5.97 Å². The molecule has 1 aliphatic carbocycles. The van der Waals surface area contributed by atoms with E-state index in [1.807, 2.05) is 30.3 Å². The summed E-state index contributed by atoms with van der Waals surface area (Å²) in [5.74, 6) is -1.49. The first kappa shape index (κ1) is 17.5. The van der Waals surface area contributed by atoms with Gasteiger partial charge in [0.1, 0.15) is 0 Å². The first-order chi connectivity index (χ1) is 12.0. The summed E-state index contributed by atoms with van der Waals surface area (Å²) in [6, 6.07) is 9.37. The van der Waals surface area contributed by atoms with Gasteiger partial charge in [-0.15, -0.1) is 0 Å². The Morgan fingerprint density at radius 1 is 1.20 bits per heavy atom. The van der Waals surface area contributed by atoms with Gasteiger partial charge in [-0.25, -0.2) is 0 Å². The Kier molecular flexibility index (Phi) is 5.36. The number of carbonyl (C=O) groups is 3. The van der Waals surface area contributed by atoms with E-state index in [9.17, 15) is 14.4 Å². The van der Waals surface area contributed by atoms with Crippen LogP contribution in [0.15, 0.2) is 30.3 Å². The molecule has 6 nitrogen and oxygen atoms in total. The molecule has 3 rings (SSSR count). The van der Waals surface area contributed by atoms with Crippen molar-refractivity contribution < 1.29 is 19.5 Å². The molecule has 1 saturated carbocycles. The first-order valence-electron chi connectivity index (χ1n) is 8.90. The molecule has 0 spiro atoms. The molecule has 2 amide bonds. The van der Waals surface area contributed by atoms with Crippen molar-refractivity contribution in [2.75, 3.05) is 13.1 Å². The third kappa shape index (κ3) is 4.18. The summed E-state index contributed by atoms with van der Waals surface area (Å²) in [6.07, 6.45) is 2.97. The quantitative estimate of drug-likeness (QED) is 0.826. The van der Waals surface area contributed by atoms with E-state index in [0.717, 1.165) is 18.5 Å². The highest BCUT2D eigenvalue weighted by Gasteiger charge is 2.35. The summed E-state index contributed by atoms with van der Waals surface area (Å²) in [7, 11) is 0. The van der Waals surface area contributed by atoms with E-state index in [4.69, 9.17) is 5.11 Å². The van der Waals surface area contributed by atoms with Gasteiger partial charge < -0.3 is 15.3 Å². The van der Waals surface area contributed by atoms with Gasteiger partial charge in [0.25, 0.3) is 0 Å². The summed E-state index contributed by atoms with van der Waals surface area (Å²) < 4.78 is 0. The lowest BCUT2D eigenvalue weighted by Gasteiger charge is -2.26. The molecule has 2 fully saturated rings. The standard InChI is InChI=1S/C19H24N2O4/c22-17-7-4-10-21(17)12-16(13-5-2-1-3-6-13)20-18(23)14-8-9-15(11-14)19(24)25/h1-3,5-6,14-16H,4,7-12H2,(H,20,23)(H,24,25)/t14-,15+,16-/m0/s1. The van der Waals surface area contributed by atoms with Crippen molar-refractivity contribution in [3.63, 3.8) is 0 Å². The van der Waals surface area contributed by atoms with Gasteiger partial charge in [-0.05, 0) is 31.2 Å². The zero-order valence-corrected chi connectivity index (χ0v) is 14.2. The molecule has 1 aromatic rings. The number of likely N-dealkylation sites (tertiary alicyclic amines) is 1. The summed E-state index contributed by atoms with van der Waals surface area (Å²) >= 11 is 0. The molecular formula is C19H24N2O4. The second-order valence-corrected chi connectivity index (χ2v) is 6.96. The van der Waals surface area contributed by atoms with Crippen molar-refractivity contribution >= 4 is 17.8 Å². The number of rotatable bonds is 6. The van der Waals surface area contributed by atoms with Crippen LogP contribution in [0.5, 0.6) is 0 Å². The van der Waals surface area contributed by atoms with Gasteiger partial charge in [0, 0.05) is 25.4 Å². The summed E-state index contributed by atoms with van der Waals surface area (Å²) in [4.78, 5) is 37.5. The minimum absolute atomic E-state index is 0.107. The Bertz CT molecular complexity index is 646. The first-order valence-corrected chi connectivity index (χ1v) is 8.90. The van der Waals surface area contributed by atoms with E-state index >= 15 is 0 Å². The van der Waals surface area contributed by atoms with E-state index in [2.05, 4.69) is 5.32 Å². The van der Waals surface area contributed by atoms with Crippen molar-refractivity contribution in [3.05, 3.63) is 35.9 Å². The highest BCUT2D eigenvalue weighted by molar-refractivity contribution is 5.81. The Morgan fingerprint density at radius 2 is 1.92 bits per heavy atom. The fraction of sp³-hybridized carbons (Fsp3) is 0.526. The van der Waals surface area contributed by atoms with Crippen LogP contribution in [-0.4, -0.2) is 40.9 Å². The number of hydrogen-bond donors (Lipinski definition) is 2. The van der Waals surface area contributed by atoms with Gasteiger partial charge in [-0.1, -0.05) is 30.3 Å². The topological polar surface area (TPSA) is 86.7 Å². The number of nitrogens with zero attached hydrogens (tertiary/aromatic N) is 1. The summed E-state index contributed by atoms with van der Waals surface area (Å²) in [5, 5.41) is 12.2. The van der Waals surface area contributed by atoms with E-state index in [-0.39, 0.29) is 23.8 Å². The predicted molar refractivity (Wildman–Crippen MR) is 91.6 cm³/mol. The maximum absolute atomic E-state index is 12.6. The molecule has 1 aliphatic heterocycles. The van der Waals surface area contributed by atoms with Crippen LogP contribution in [-0.2, 0) is 14.4 Å². The van der Waals surface area contributed by atoms with Gasteiger partial charge in [-0.3, -0.25) is 14.4 Å². The molecule has 3 atom stereocenters. The van der Waals surface area contributed by atoms with Crippen LogP contribution >= 0.6 is 0 Å². The fourth-order valence-corrected chi connectivity index (χ4v) is 3.77. The number of carboxylic acids is 1. The van der Waals surface area contributed by atoms with Crippen LogP contribution in [0.4, 0.5) is 0 Å². The van der Waals surface area contributed by atoms with Crippen LogP contribution in [0.3, 0.4) is 0 Å². The zero-order valence-electron chi connectivity index (χ0n) is 14.2. The van der Waals surface area contributed by atoms with Crippen molar-refractivity contribution in [1.82, 2.24) is 10.2 Å². The lowest BCUT2D eigenvalue weighted by atomic mass is 10.0. The molecule has 2 N–H and O–H groups in total. The Morgan fingerprint density at radius 3 is 2.52 bits per heavy atom. The SMILES string of the molecule is O=C(O)[C@@H]1CC[C@H](C(=O)N[C@@H](CN2CCCC2=O)c2ccccc2)C1. The fourth-order valence-electron chi connectivity index (χ4n) is 3.77. The van der Waals surface area contributed by atoms with Gasteiger partial charge in [0.05, 0.1) is 12.0 Å². The summed E-state index contributed by atoms with van der Waals surface area (Å²) in [5.41, 5.74) is 0.961. The summed E-state index contributed by atoms with van der Waals surface area (Å²) in [6.45, 7) is 1.19. The van der Waals surface area contributed by atoms with Gasteiger partial charge in [0.15, 0.2) is 0 Å². The smallest absolute Gasteiger partial charge is 0.306 e. The molecule has 25 heavy (non-hydrogen) atoms. The second-order valence-electron chi connectivity index (χ2n) is 6.96. The van der Waals surface area contributed by atoms with E-state index < -0.39 is 11.9 Å². The number of hydrogen-bond acceptors (Lipinski definition) is 3. The van der Waals surface area contributed by atoms with Crippen LogP contribution in [0.1, 0.15) is 43.7 Å². The molecule has 0 radical (unpaired) electrons. The minimum atomic E-state index is -0.822. The highest BCUT2D eigenvalue weighted by atomic mass is 16.4. The van der Waals surface area contributed by atoms with Crippen molar-refractivity contribution in [2.24, 2.45) is 11.8 Å². The predicted octanol–water partition coefficient (Wildman–Crippen LogP) is 1.97. The molecule has 6 heteroatoms. The molecule has 0 unspecified atom stereocenters. The van der Waals surface area contributed by atoms with Crippen molar-refractivity contribution in [1.29, 1.82) is 0 Å². The van der Waals surface area contributed by atoms with Crippen molar-refractivity contribution in [2.45, 2.75) is 38.1 Å². The average Bonchev–Trinajstić information content (AvgIpc) is 3.25. The molecule has 134 valence electrons. The van der Waals surface area contributed by atoms with Crippen LogP contribution < -0.4 is 5.32 Å². The number of amides is 2. The number of nitrogens with one attached hydrogen (secondary N) is 1. The third-order valence-electron chi connectivity index (χ3n) is 5.25. The monoisotopic (exact) mass is 344 g/mol. The Balaban J connectivity index is 1.68. The minimum Gasteiger partial charge on any atom is -0.481 e. The van der Waals surface area contributed by atoms with E-state index in [1.165, 1.54) is 0 Å². The molecular weight excluding hydrogens is 320 g/mol. The average molecular weight is 344 g/mol. The van der Waals surface area contributed by atoms with Crippen LogP contribution in [0.25, 0.3) is 0 Å².